The maximum absolute atomic E-state index is 2.55. The maximum Gasteiger partial charge on any atom is -0.0159 e. The van der Waals surface area contributed by atoms with E-state index in [0.29, 0.717) is 0 Å². The van der Waals surface area contributed by atoms with E-state index in [-0.39, 0.29) is 0 Å². The van der Waals surface area contributed by atoms with Crippen LogP contribution in [0.3, 0.4) is 0 Å². The summed E-state index contributed by atoms with van der Waals surface area (Å²) < 4.78 is 0. The van der Waals surface area contributed by atoms with Crippen molar-refractivity contribution >= 4 is 0 Å². The first kappa shape index (κ1) is 20.0. The Morgan fingerprint density at radius 3 is 2.42 bits per heavy atom. The Morgan fingerprint density at radius 2 is 1.62 bits per heavy atom. The summed E-state index contributed by atoms with van der Waals surface area (Å²) in [5, 5.41) is 0. The van der Waals surface area contributed by atoms with E-state index in [1.54, 1.807) is 17.5 Å². The molecule has 0 heterocycles. The zero-order chi connectivity index (χ0) is 18.2. The fourth-order valence-electron chi connectivity index (χ4n) is 5.86. The largest absolute Gasteiger partial charge is 0.0654 e. The number of hydrogen-bond donors (Lipinski definition) is 0. The quantitative estimate of drug-likeness (QED) is 0.440. The van der Waals surface area contributed by atoms with E-state index in [1.807, 2.05) is 0 Å². The van der Waals surface area contributed by atoms with Gasteiger partial charge in [0.2, 0.25) is 0 Å². The summed E-state index contributed by atoms with van der Waals surface area (Å²) in [4.78, 5) is 0. The summed E-state index contributed by atoms with van der Waals surface area (Å²) >= 11 is 0. The second-order valence-corrected chi connectivity index (χ2v) is 9.41. The predicted octanol–water partition coefficient (Wildman–Crippen LogP) is 8.30. The van der Waals surface area contributed by atoms with Crippen molar-refractivity contribution in [2.75, 3.05) is 0 Å². The van der Waals surface area contributed by atoms with Crippen LogP contribution in [0, 0.1) is 17.8 Å². The third-order valence-electron chi connectivity index (χ3n) is 7.41. The van der Waals surface area contributed by atoms with Crippen molar-refractivity contribution in [2.24, 2.45) is 17.8 Å². The van der Waals surface area contributed by atoms with Crippen LogP contribution in [0.2, 0.25) is 0 Å². The van der Waals surface area contributed by atoms with Crippen molar-refractivity contribution in [3.8, 4) is 0 Å². The maximum atomic E-state index is 2.55. The van der Waals surface area contributed by atoms with Gasteiger partial charge in [-0.05, 0) is 66.9 Å². The molecule has 2 aliphatic rings. The Hall–Kier alpha value is -0.780. The fraction of sp³-hybridized carbons (Fsp3) is 0.769. The van der Waals surface area contributed by atoms with Gasteiger partial charge in [0.05, 0.1) is 0 Å². The molecule has 0 spiro atoms. The Morgan fingerprint density at radius 1 is 0.846 bits per heavy atom. The van der Waals surface area contributed by atoms with Gasteiger partial charge in [0, 0.05) is 0 Å². The smallest absolute Gasteiger partial charge is 0.0159 e. The van der Waals surface area contributed by atoms with E-state index in [9.17, 15) is 0 Å². The molecule has 1 aromatic carbocycles. The van der Waals surface area contributed by atoms with Crippen molar-refractivity contribution in [2.45, 2.75) is 110 Å². The van der Waals surface area contributed by atoms with Crippen molar-refractivity contribution in [1.82, 2.24) is 0 Å². The zero-order valence-electron chi connectivity index (χ0n) is 17.5. The van der Waals surface area contributed by atoms with E-state index < -0.39 is 0 Å². The highest BCUT2D eigenvalue weighted by molar-refractivity contribution is 5.27. The predicted molar refractivity (Wildman–Crippen MR) is 115 cm³/mol. The van der Waals surface area contributed by atoms with Crippen LogP contribution in [0.5, 0.6) is 0 Å². The summed E-state index contributed by atoms with van der Waals surface area (Å²) in [6, 6.07) is 9.64. The van der Waals surface area contributed by atoms with E-state index in [4.69, 9.17) is 0 Å². The van der Waals surface area contributed by atoms with Gasteiger partial charge in [0.25, 0.3) is 0 Å². The highest BCUT2D eigenvalue weighted by atomic mass is 14.4. The Bertz CT molecular complexity index is 517. The lowest BCUT2D eigenvalue weighted by molar-refractivity contribution is 0.145. The molecule has 2 fully saturated rings. The lowest BCUT2D eigenvalue weighted by Gasteiger charge is -2.39. The minimum absolute atomic E-state index is 0.839. The van der Waals surface area contributed by atoms with Crippen LogP contribution in [0.15, 0.2) is 24.3 Å². The Kier molecular flexibility index (Phi) is 8.08. The molecule has 2 aliphatic carbocycles. The SMILES string of the molecule is CCCCc1cccc(C2CCCC(C3CCCC(CCCC)C3)C2)c1. The minimum Gasteiger partial charge on any atom is -0.0654 e. The van der Waals surface area contributed by atoms with Crippen molar-refractivity contribution in [3.05, 3.63) is 35.4 Å². The number of rotatable bonds is 8. The van der Waals surface area contributed by atoms with Gasteiger partial charge < -0.3 is 0 Å². The highest BCUT2D eigenvalue weighted by Gasteiger charge is 2.32. The highest BCUT2D eigenvalue weighted by Crippen LogP contribution is 2.45. The standard InChI is InChI=1S/C26H42/c1-3-5-10-21-12-7-14-23(18-21)25-16-9-17-26(20-25)24-15-8-13-22(19-24)11-6-4-2/h7,12,14,18,22,24-26H,3-6,8-11,13,15-17,19-20H2,1-2H3. The fourth-order valence-corrected chi connectivity index (χ4v) is 5.86. The van der Waals surface area contributed by atoms with E-state index in [2.05, 4.69) is 38.1 Å². The Balaban J connectivity index is 1.58. The number of unbranched alkanes of at least 4 members (excludes halogenated alkanes) is 2. The lowest BCUT2D eigenvalue weighted by atomic mass is 9.66. The van der Waals surface area contributed by atoms with Crippen molar-refractivity contribution in [1.29, 1.82) is 0 Å². The Labute approximate surface area is 163 Å². The molecule has 0 aromatic heterocycles. The summed E-state index contributed by atoms with van der Waals surface area (Å²) in [5.74, 6) is 3.94. The molecule has 4 atom stereocenters. The van der Waals surface area contributed by atoms with Crippen LogP contribution in [-0.2, 0) is 6.42 Å². The molecule has 0 N–H and O–H groups in total. The molecule has 26 heavy (non-hydrogen) atoms. The number of hydrogen-bond acceptors (Lipinski definition) is 0. The summed E-state index contributed by atoms with van der Waals surface area (Å²) in [7, 11) is 0. The number of benzene rings is 1. The van der Waals surface area contributed by atoms with Crippen molar-refractivity contribution < 1.29 is 0 Å². The van der Waals surface area contributed by atoms with Gasteiger partial charge in [-0.25, -0.2) is 0 Å². The average molecular weight is 355 g/mol. The van der Waals surface area contributed by atoms with Gasteiger partial charge in [-0.1, -0.05) is 95.9 Å². The van der Waals surface area contributed by atoms with Crippen LogP contribution in [0.25, 0.3) is 0 Å². The second-order valence-electron chi connectivity index (χ2n) is 9.41. The van der Waals surface area contributed by atoms with Gasteiger partial charge in [-0.3, -0.25) is 0 Å². The van der Waals surface area contributed by atoms with Gasteiger partial charge in [0.15, 0.2) is 0 Å². The van der Waals surface area contributed by atoms with Crippen LogP contribution in [0.1, 0.15) is 114 Å². The summed E-state index contributed by atoms with van der Waals surface area (Å²) in [6.45, 7) is 4.65. The molecule has 0 aliphatic heterocycles. The van der Waals surface area contributed by atoms with E-state index >= 15 is 0 Å². The third-order valence-corrected chi connectivity index (χ3v) is 7.41. The van der Waals surface area contributed by atoms with Crippen LogP contribution >= 0.6 is 0 Å². The molecule has 0 heteroatoms. The van der Waals surface area contributed by atoms with Crippen LogP contribution < -0.4 is 0 Å². The summed E-state index contributed by atoms with van der Waals surface area (Å²) in [5.41, 5.74) is 3.23. The monoisotopic (exact) mass is 354 g/mol. The first-order chi connectivity index (χ1) is 12.8. The molecule has 0 amide bonds. The normalized spacial score (nSPS) is 29.6. The molecular weight excluding hydrogens is 312 g/mol. The topological polar surface area (TPSA) is 0 Å². The molecule has 0 bridgehead atoms. The molecule has 4 unspecified atom stereocenters. The van der Waals surface area contributed by atoms with Crippen molar-refractivity contribution in [3.63, 3.8) is 0 Å². The lowest BCUT2D eigenvalue weighted by Crippen LogP contribution is -2.27. The molecule has 2 saturated carbocycles. The minimum atomic E-state index is 0.839. The first-order valence-corrected chi connectivity index (χ1v) is 11.9. The molecule has 0 saturated heterocycles. The van der Waals surface area contributed by atoms with Gasteiger partial charge >= 0.3 is 0 Å². The molecule has 146 valence electrons. The zero-order valence-corrected chi connectivity index (χ0v) is 17.5. The average Bonchev–Trinajstić information content (AvgIpc) is 2.71. The number of aryl methyl sites for hydroxylation is 1. The molecule has 3 rings (SSSR count). The third kappa shape index (κ3) is 5.61. The molecular formula is C26H42. The van der Waals surface area contributed by atoms with Crippen LogP contribution in [-0.4, -0.2) is 0 Å². The van der Waals surface area contributed by atoms with E-state index in [0.717, 1.165) is 23.7 Å². The van der Waals surface area contributed by atoms with E-state index in [1.165, 1.54) is 83.5 Å². The molecule has 1 aromatic rings. The van der Waals surface area contributed by atoms with Gasteiger partial charge in [-0.15, -0.1) is 0 Å². The van der Waals surface area contributed by atoms with Gasteiger partial charge in [-0.2, -0.15) is 0 Å². The van der Waals surface area contributed by atoms with Gasteiger partial charge in [0.1, 0.15) is 0 Å². The van der Waals surface area contributed by atoms with Crippen LogP contribution in [0.4, 0.5) is 0 Å². The second kappa shape index (κ2) is 10.5. The molecule has 0 nitrogen and oxygen atoms in total. The molecule has 0 radical (unpaired) electrons. The first-order valence-electron chi connectivity index (χ1n) is 11.9. The summed E-state index contributed by atoms with van der Waals surface area (Å²) in [6.07, 6.45) is 20.2.